The van der Waals surface area contributed by atoms with E-state index in [0.29, 0.717) is 11.8 Å². The zero-order valence-corrected chi connectivity index (χ0v) is 45.6. The number of nitrogens with zero attached hydrogens (tertiary/aromatic N) is 2. The lowest BCUT2D eigenvalue weighted by atomic mass is 9.64. The van der Waals surface area contributed by atoms with Crippen molar-refractivity contribution in [3.05, 3.63) is 179 Å². The average Bonchev–Trinajstić information content (AvgIpc) is 3.79. The van der Waals surface area contributed by atoms with Crippen molar-refractivity contribution in [2.45, 2.75) is 155 Å². The smallest absolute Gasteiger partial charge is 0.0543 e. The molecule has 0 radical (unpaired) electrons. The van der Waals surface area contributed by atoms with Crippen LogP contribution in [0, 0.1) is 0 Å². The SMILES string of the molecule is CCCCC1(CCCC)c2ccccc2N(c2cc(C(C)C)c3ccc4c(N5c6ccccc6C(CCCC)(CCCC)c6cc7c(cc65)sc5ccccc57)cc(C(C)C)c5ccc2c3c54)c2ccccc21. The monoisotopic (exact) mass is 975 g/mol. The molecular weight excluding hydrogens is 901 g/mol. The number of thiophene rings is 1. The maximum atomic E-state index is 2.73. The molecule has 3 heterocycles. The van der Waals surface area contributed by atoms with Gasteiger partial charge >= 0.3 is 0 Å². The minimum absolute atomic E-state index is 0.0332. The molecule has 1 aromatic heterocycles. The molecule has 370 valence electrons. The van der Waals surface area contributed by atoms with Gasteiger partial charge in [0.15, 0.2) is 0 Å². The Morgan fingerprint density at radius 2 is 0.753 bits per heavy atom. The molecule has 0 unspecified atom stereocenters. The number of para-hydroxylation sites is 3. The summed E-state index contributed by atoms with van der Waals surface area (Å²) in [4.78, 5) is 5.42. The second-order valence-electron chi connectivity index (χ2n) is 22.6. The first-order chi connectivity index (χ1) is 35.7. The maximum Gasteiger partial charge on any atom is 0.0543 e. The van der Waals surface area contributed by atoms with Gasteiger partial charge in [-0.25, -0.2) is 0 Å². The van der Waals surface area contributed by atoms with Crippen molar-refractivity contribution in [1.29, 1.82) is 0 Å². The summed E-state index contributed by atoms with van der Waals surface area (Å²) in [5.41, 5.74) is 16.6. The molecule has 0 saturated heterocycles. The van der Waals surface area contributed by atoms with E-state index >= 15 is 0 Å². The number of hydrogen-bond acceptors (Lipinski definition) is 3. The van der Waals surface area contributed by atoms with E-state index in [1.54, 1.807) is 0 Å². The van der Waals surface area contributed by atoms with E-state index in [2.05, 4.69) is 211 Å². The predicted molar refractivity (Wildman–Crippen MR) is 320 cm³/mol. The molecule has 73 heavy (non-hydrogen) atoms. The highest BCUT2D eigenvalue weighted by molar-refractivity contribution is 7.25. The topological polar surface area (TPSA) is 6.48 Å². The summed E-state index contributed by atoms with van der Waals surface area (Å²) >= 11 is 1.95. The summed E-state index contributed by atoms with van der Waals surface area (Å²) in [6, 6.07) is 58.1. The van der Waals surface area contributed by atoms with Gasteiger partial charge in [0.1, 0.15) is 0 Å². The molecule has 0 amide bonds. The lowest BCUT2D eigenvalue weighted by Crippen LogP contribution is -2.36. The van der Waals surface area contributed by atoms with Crippen molar-refractivity contribution < 1.29 is 0 Å². The van der Waals surface area contributed by atoms with E-state index in [0.717, 1.165) is 25.7 Å². The molecule has 0 fully saturated rings. The molecule has 2 aliphatic heterocycles. The molecule has 3 heteroatoms. The fraction of sp³-hybridized carbons (Fsp3) is 0.343. The third-order valence-corrected chi connectivity index (χ3v) is 18.8. The van der Waals surface area contributed by atoms with Gasteiger partial charge in [-0.1, -0.05) is 204 Å². The zero-order chi connectivity index (χ0) is 50.2. The number of rotatable bonds is 16. The molecule has 2 aliphatic rings. The van der Waals surface area contributed by atoms with Crippen molar-refractivity contribution in [3.63, 3.8) is 0 Å². The van der Waals surface area contributed by atoms with E-state index in [9.17, 15) is 0 Å². The van der Waals surface area contributed by atoms with Crippen LogP contribution in [-0.2, 0) is 10.8 Å². The van der Waals surface area contributed by atoms with Gasteiger partial charge in [-0.2, -0.15) is 0 Å². The van der Waals surface area contributed by atoms with Crippen LogP contribution >= 0.6 is 11.3 Å². The van der Waals surface area contributed by atoms with Crippen LogP contribution < -0.4 is 9.80 Å². The number of anilines is 6. The summed E-state index contributed by atoms with van der Waals surface area (Å²) in [5.74, 6) is 0.630. The number of unbranched alkanes of at least 4 members (excludes halogenated alkanes) is 4. The first-order valence-electron chi connectivity index (χ1n) is 28.3. The normalized spacial score (nSPS) is 14.8. The third-order valence-electron chi connectivity index (χ3n) is 17.7. The predicted octanol–water partition coefficient (Wildman–Crippen LogP) is 22.1. The molecule has 0 bridgehead atoms. The number of hydrogen-bond donors (Lipinski definition) is 0. The molecule has 0 aliphatic carbocycles. The van der Waals surface area contributed by atoms with Gasteiger partial charge in [0.2, 0.25) is 0 Å². The van der Waals surface area contributed by atoms with Gasteiger partial charge < -0.3 is 9.80 Å². The van der Waals surface area contributed by atoms with E-state index in [1.165, 1.54) is 171 Å². The van der Waals surface area contributed by atoms with Crippen LogP contribution in [0.25, 0.3) is 52.5 Å². The first-order valence-corrected chi connectivity index (χ1v) is 29.1. The highest BCUT2D eigenvalue weighted by Crippen LogP contribution is 2.61. The van der Waals surface area contributed by atoms with Crippen molar-refractivity contribution in [3.8, 4) is 0 Å². The summed E-state index contributed by atoms with van der Waals surface area (Å²) in [6.07, 6.45) is 14.2. The van der Waals surface area contributed by atoms with Crippen molar-refractivity contribution in [2.24, 2.45) is 0 Å². The molecule has 0 spiro atoms. The Bertz CT molecular complexity index is 3610. The quantitative estimate of drug-likeness (QED) is 0.0890. The van der Waals surface area contributed by atoms with Gasteiger partial charge in [-0.15, -0.1) is 11.3 Å². The Kier molecular flexibility index (Phi) is 12.4. The lowest BCUT2D eigenvalue weighted by molar-refractivity contribution is 0.403. The second-order valence-corrected chi connectivity index (χ2v) is 23.7. The number of benzene rings is 9. The molecule has 0 atom stereocenters. The summed E-state index contributed by atoms with van der Waals surface area (Å²) in [5, 5.41) is 11.0. The molecule has 2 nitrogen and oxygen atoms in total. The van der Waals surface area contributed by atoms with E-state index in [-0.39, 0.29) is 10.8 Å². The molecule has 0 N–H and O–H groups in total. The zero-order valence-electron chi connectivity index (χ0n) is 44.8. The van der Waals surface area contributed by atoms with Crippen LogP contribution in [0.15, 0.2) is 146 Å². The molecule has 12 rings (SSSR count). The van der Waals surface area contributed by atoms with E-state index in [1.807, 2.05) is 11.3 Å². The fourth-order valence-electron chi connectivity index (χ4n) is 14.2. The summed E-state index contributed by atoms with van der Waals surface area (Å²) in [6.45, 7) is 19.1. The van der Waals surface area contributed by atoms with Crippen molar-refractivity contribution >= 4 is 98.0 Å². The second kappa shape index (κ2) is 19.0. The minimum Gasteiger partial charge on any atom is -0.309 e. The van der Waals surface area contributed by atoms with Gasteiger partial charge in [-0.05, 0) is 141 Å². The summed E-state index contributed by atoms with van der Waals surface area (Å²) in [7, 11) is 0. The van der Waals surface area contributed by atoms with Crippen molar-refractivity contribution in [1.82, 2.24) is 0 Å². The molecular formula is C70H74N2S. The van der Waals surface area contributed by atoms with Gasteiger partial charge in [0.05, 0.1) is 34.1 Å². The number of fused-ring (bicyclic) bond motifs is 7. The molecule has 0 saturated carbocycles. The Morgan fingerprint density at radius 1 is 0.356 bits per heavy atom. The standard InChI is InChI=1S/C70H74N2S/c1-9-13-37-69(38-14-10-2)55-26-18-21-29-59(55)71(60-30-22-19-27-56(60)69)62-42-52(45(5)6)48-34-36-51-63(43-53(46(7)8)49-33-35-50(62)67(48)68(49)51)72-61-31-23-20-28-57(61)70(39-15-11-3,40-16-12-4)58-41-54-47-25-17-24-32-65(47)73-66(54)44-64(58)72/h17-36,41-46H,9-16,37-40H2,1-8H3. The minimum atomic E-state index is -0.0941. The highest BCUT2D eigenvalue weighted by atomic mass is 32.1. The van der Waals surface area contributed by atoms with Gasteiger partial charge in [0.25, 0.3) is 0 Å². The van der Waals surface area contributed by atoms with Gasteiger partial charge in [-0.3, -0.25) is 0 Å². The average molecular weight is 975 g/mol. The molecule has 10 aromatic rings. The molecule has 9 aromatic carbocycles. The van der Waals surface area contributed by atoms with Crippen molar-refractivity contribution in [2.75, 3.05) is 9.80 Å². The van der Waals surface area contributed by atoms with Crippen LogP contribution in [0.5, 0.6) is 0 Å². The Labute approximate surface area is 439 Å². The Hall–Kier alpha value is -6.16. The first kappa shape index (κ1) is 47.8. The van der Waals surface area contributed by atoms with E-state index in [4.69, 9.17) is 0 Å². The van der Waals surface area contributed by atoms with Crippen LogP contribution in [0.1, 0.15) is 178 Å². The Morgan fingerprint density at radius 3 is 1.21 bits per heavy atom. The largest absolute Gasteiger partial charge is 0.309 e. The van der Waals surface area contributed by atoms with Crippen LogP contribution in [-0.4, -0.2) is 0 Å². The van der Waals surface area contributed by atoms with E-state index < -0.39 is 0 Å². The van der Waals surface area contributed by atoms with Crippen LogP contribution in [0.3, 0.4) is 0 Å². The summed E-state index contributed by atoms with van der Waals surface area (Å²) < 4.78 is 2.73. The Balaban J connectivity index is 1.18. The van der Waals surface area contributed by atoms with Crippen LogP contribution in [0.2, 0.25) is 0 Å². The van der Waals surface area contributed by atoms with Gasteiger partial charge in [0, 0.05) is 41.8 Å². The highest BCUT2D eigenvalue weighted by Gasteiger charge is 2.45. The van der Waals surface area contributed by atoms with Crippen LogP contribution in [0.4, 0.5) is 34.1 Å². The maximum absolute atomic E-state index is 2.73. The fourth-order valence-corrected chi connectivity index (χ4v) is 15.3. The lowest BCUT2D eigenvalue weighted by Gasteiger charge is -2.47. The third kappa shape index (κ3) is 7.29.